The average molecular weight is 401 g/mol. The minimum Gasteiger partial charge on any atom is -0.432 e. The van der Waals surface area contributed by atoms with E-state index in [1.807, 2.05) is 48.5 Å². The van der Waals surface area contributed by atoms with Gasteiger partial charge in [-0.05, 0) is 17.2 Å². The van der Waals surface area contributed by atoms with Gasteiger partial charge in [-0.15, -0.1) is 11.6 Å². The van der Waals surface area contributed by atoms with Gasteiger partial charge in [0.1, 0.15) is 11.8 Å². The van der Waals surface area contributed by atoms with Gasteiger partial charge in [-0.1, -0.05) is 60.7 Å². The van der Waals surface area contributed by atoms with Crippen molar-refractivity contribution in [3.05, 3.63) is 73.1 Å². The summed E-state index contributed by atoms with van der Waals surface area (Å²) in [5, 5.41) is 4.08. The zero-order valence-electron chi connectivity index (χ0n) is 15.5. The number of pyridine rings is 1. The lowest BCUT2D eigenvalue weighted by Gasteiger charge is -2.07. The predicted octanol–water partition coefficient (Wildman–Crippen LogP) is 5.76. The van der Waals surface area contributed by atoms with Crippen LogP contribution in [0.5, 0.6) is 0 Å². The molecule has 0 aliphatic rings. The molecule has 0 aliphatic carbocycles. The lowest BCUT2D eigenvalue weighted by atomic mass is 10.00. The van der Waals surface area contributed by atoms with Crippen LogP contribution >= 0.6 is 11.6 Å². The summed E-state index contributed by atoms with van der Waals surface area (Å²) in [5.74, 6) is 1.09. The molecule has 5 rings (SSSR count). The molecule has 0 atom stereocenters. The Bertz CT molecular complexity index is 1290. The molecule has 0 bridgehead atoms. The number of hydrogen-bond donors (Lipinski definition) is 1. The maximum atomic E-state index is 6.16. The predicted molar refractivity (Wildman–Crippen MR) is 117 cm³/mol. The van der Waals surface area contributed by atoms with E-state index in [9.17, 15) is 0 Å². The Balaban J connectivity index is 1.83. The highest BCUT2D eigenvalue weighted by molar-refractivity contribution is 6.18. The van der Waals surface area contributed by atoms with Crippen molar-refractivity contribution in [3.63, 3.8) is 0 Å². The van der Waals surface area contributed by atoms with E-state index in [2.05, 4.69) is 33.5 Å². The van der Waals surface area contributed by atoms with Crippen molar-refractivity contribution in [2.75, 3.05) is 17.7 Å². The zero-order chi connectivity index (χ0) is 19.6. The molecule has 0 unspecified atom stereocenters. The summed E-state index contributed by atoms with van der Waals surface area (Å²) in [6.45, 7) is 0.582. The summed E-state index contributed by atoms with van der Waals surface area (Å²) in [4.78, 5) is 13.6. The molecule has 6 heteroatoms. The van der Waals surface area contributed by atoms with E-state index >= 15 is 0 Å². The lowest BCUT2D eigenvalue weighted by Crippen LogP contribution is -2.04. The first kappa shape index (κ1) is 17.6. The van der Waals surface area contributed by atoms with Gasteiger partial charge in [0.25, 0.3) is 0 Å². The number of halogens is 1. The molecule has 3 heterocycles. The van der Waals surface area contributed by atoms with Gasteiger partial charge in [-0.2, -0.15) is 0 Å². The molecule has 0 fully saturated rings. The Morgan fingerprint density at radius 1 is 0.897 bits per heavy atom. The van der Waals surface area contributed by atoms with Gasteiger partial charge in [-0.3, -0.25) is 0 Å². The first-order valence-corrected chi connectivity index (χ1v) is 9.87. The second-order valence-electron chi connectivity index (χ2n) is 6.59. The number of benzene rings is 2. The van der Waals surface area contributed by atoms with E-state index in [1.54, 1.807) is 0 Å². The van der Waals surface area contributed by atoms with Crippen LogP contribution in [-0.4, -0.2) is 27.4 Å². The van der Waals surface area contributed by atoms with E-state index in [4.69, 9.17) is 21.0 Å². The first-order valence-electron chi connectivity index (χ1n) is 9.34. The highest BCUT2D eigenvalue weighted by Gasteiger charge is 2.19. The number of furan rings is 1. The molecular weight excluding hydrogens is 384 g/mol. The third-order valence-electron chi connectivity index (χ3n) is 4.77. The maximum absolute atomic E-state index is 6.16. The molecule has 142 valence electrons. The van der Waals surface area contributed by atoms with E-state index in [0.29, 0.717) is 29.5 Å². The molecule has 0 radical (unpaired) electrons. The summed E-state index contributed by atoms with van der Waals surface area (Å²) < 4.78 is 6.16. The number of hydrogen-bond acceptors (Lipinski definition) is 5. The Morgan fingerprint density at radius 3 is 2.34 bits per heavy atom. The quantitative estimate of drug-likeness (QED) is 0.380. The number of rotatable bonds is 5. The summed E-state index contributed by atoms with van der Waals surface area (Å²) in [7, 11) is 0. The van der Waals surface area contributed by atoms with Gasteiger partial charge in [0.15, 0.2) is 11.4 Å². The van der Waals surface area contributed by atoms with Crippen molar-refractivity contribution in [2.24, 2.45) is 0 Å². The first-order chi connectivity index (χ1) is 14.3. The monoisotopic (exact) mass is 400 g/mol. The molecule has 5 aromatic rings. The summed E-state index contributed by atoms with van der Waals surface area (Å²) in [6, 6.07) is 22.4. The van der Waals surface area contributed by atoms with Gasteiger partial charge < -0.3 is 9.73 Å². The molecule has 1 N–H and O–H groups in total. The van der Waals surface area contributed by atoms with Crippen LogP contribution in [0.1, 0.15) is 0 Å². The zero-order valence-corrected chi connectivity index (χ0v) is 16.2. The van der Waals surface area contributed by atoms with E-state index in [0.717, 1.165) is 33.3 Å². The average Bonchev–Trinajstić information content (AvgIpc) is 3.17. The fourth-order valence-corrected chi connectivity index (χ4v) is 3.56. The minimum absolute atomic E-state index is 0.470. The second kappa shape index (κ2) is 7.53. The Kier molecular flexibility index (Phi) is 4.58. The number of aromatic nitrogens is 3. The van der Waals surface area contributed by atoms with Crippen molar-refractivity contribution in [1.29, 1.82) is 0 Å². The Hall–Kier alpha value is -3.44. The fraction of sp³-hybridized carbons (Fsp3) is 0.0870. The van der Waals surface area contributed by atoms with E-state index < -0.39 is 0 Å². The van der Waals surface area contributed by atoms with Crippen LogP contribution in [0.3, 0.4) is 0 Å². The number of nitrogens with one attached hydrogen (secondary N) is 1. The molecular formula is C23H17ClN4O. The van der Waals surface area contributed by atoms with Crippen LogP contribution in [0.2, 0.25) is 0 Å². The molecule has 2 aromatic carbocycles. The molecule has 5 nitrogen and oxygen atoms in total. The van der Waals surface area contributed by atoms with Crippen molar-refractivity contribution in [1.82, 2.24) is 15.0 Å². The molecule has 0 aliphatic heterocycles. The van der Waals surface area contributed by atoms with Crippen LogP contribution in [0.4, 0.5) is 5.82 Å². The van der Waals surface area contributed by atoms with Gasteiger partial charge >= 0.3 is 0 Å². The molecule has 0 spiro atoms. The minimum atomic E-state index is 0.470. The maximum Gasteiger partial charge on any atom is 0.230 e. The van der Waals surface area contributed by atoms with E-state index in [-0.39, 0.29) is 0 Å². The van der Waals surface area contributed by atoms with Crippen LogP contribution in [0.15, 0.2) is 77.5 Å². The molecule has 29 heavy (non-hydrogen) atoms. The summed E-state index contributed by atoms with van der Waals surface area (Å²) >= 11 is 5.83. The fourth-order valence-electron chi connectivity index (χ4n) is 3.46. The normalized spacial score (nSPS) is 11.2. The number of anilines is 1. The van der Waals surface area contributed by atoms with Crippen molar-refractivity contribution < 1.29 is 4.42 Å². The van der Waals surface area contributed by atoms with Crippen LogP contribution < -0.4 is 5.32 Å². The Morgan fingerprint density at radius 2 is 1.62 bits per heavy atom. The number of nitrogens with zero attached hydrogens (tertiary/aromatic N) is 3. The second-order valence-corrected chi connectivity index (χ2v) is 6.96. The molecule has 3 aromatic heterocycles. The molecule has 0 amide bonds. The summed E-state index contributed by atoms with van der Waals surface area (Å²) in [5.41, 5.74) is 5.83. The SMILES string of the molecule is ClCCNc1ncnc2c1oc1nc(-c3ccccc3)cc(-c3ccccc3)c12. The topological polar surface area (TPSA) is 63.8 Å². The van der Waals surface area contributed by atoms with Gasteiger partial charge in [0.2, 0.25) is 5.71 Å². The lowest BCUT2D eigenvalue weighted by molar-refractivity contribution is 0.653. The van der Waals surface area contributed by atoms with Gasteiger partial charge in [-0.25, -0.2) is 15.0 Å². The third-order valence-corrected chi connectivity index (χ3v) is 4.96. The summed E-state index contributed by atoms with van der Waals surface area (Å²) in [6.07, 6.45) is 1.54. The number of fused-ring (bicyclic) bond motifs is 3. The highest BCUT2D eigenvalue weighted by Crippen LogP contribution is 2.38. The van der Waals surface area contributed by atoms with Gasteiger partial charge in [0, 0.05) is 18.0 Å². The Labute approximate surface area is 172 Å². The van der Waals surface area contributed by atoms with Crippen molar-refractivity contribution in [2.45, 2.75) is 0 Å². The van der Waals surface area contributed by atoms with Gasteiger partial charge in [0.05, 0.1) is 11.1 Å². The number of alkyl halides is 1. The standard InChI is InChI=1S/C23H17ClN4O/c24-11-12-25-22-21-20(26-14-27-22)19-17(15-7-3-1-4-8-15)13-18(28-23(19)29-21)16-9-5-2-6-10-16/h1-10,13-14H,11-12H2,(H,25,26,27). The van der Waals surface area contributed by atoms with Crippen LogP contribution in [0.25, 0.3) is 44.6 Å². The van der Waals surface area contributed by atoms with Crippen LogP contribution in [-0.2, 0) is 0 Å². The van der Waals surface area contributed by atoms with Crippen molar-refractivity contribution >= 4 is 39.6 Å². The largest absolute Gasteiger partial charge is 0.432 e. The third kappa shape index (κ3) is 3.19. The van der Waals surface area contributed by atoms with E-state index in [1.165, 1.54) is 6.33 Å². The molecule has 0 saturated heterocycles. The smallest absolute Gasteiger partial charge is 0.230 e. The molecule has 0 saturated carbocycles. The van der Waals surface area contributed by atoms with Crippen molar-refractivity contribution in [3.8, 4) is 22.4 Å². The highest BCUT2D eigenvalue weighted by atomic mass is 35.5. The van der Waals surface area contributed by atoms with Crippen LogP contribution in [0, 0.1) is 0 Å².